The molecular weight excluding hydrogens is 610 g/mol. The highest BCUT2D eigenvalue weighted by atomic mass is 16.7. The lowest BCUT2D eigenvalue weighted by Gasteiger charge is -2.64. The summed E-state index contributed by atoms with van der Waals surface area (Å²) in [6.45, 7) is 20.9. The van der Waals surface area contributed by atoms with E-state index < -0.39 is 29.9 Å². The van der Waals surface area contributed by atoms with Crippen LogP contribution in [0.25, 0.3) is 0 Å². The maximum atomic E-state index is 12.6. The van der Waals surface area contributed by atoms with Crippen molar-refractivity contribution in [3.63, 3.8) is 0 Å². The lowest BCUT2D eigenvalue weighted by Crippen LogP contribution is -2.60. The van der Waals surface area contributed by atoms with Gasteiger partial charge in [0.2, 0.25) is 0 Å². The summed E-state index contributed by atoms with van der Waals surface area (Å²) in [6, 6.07) is 0. The highest BCUT2D eigenvalue weighted by Crippen LogP contribution is 2.89. The molecular formula is C39H65NO8. The van der Waals surface area contributed by atoms with Crippen LogP contribution in [0.3, 0.4) is 0 Å². The Morgan fingerprint density at radius 2 is 1.77 bits per heavy atom. The number of hydrogen-bond donors (Lipinski definition) is 2. The molecule has 2 aliphatic heterocycles. The molecule has 9 heteroatoms. The van der Waals surface area contributed by atoms with E-state index in [0.717, 1.165) is 45.5 Å². The quantitative estimate of drug-likeness (QED) is 0.336. The first-order valence-corrected chi connectivity index (χ1v) is 19.2. The van der Waals surface area contributed by atoms with Crippen LogP contribution in [0.15, 0.2) is 0 Å². The van der Waals surface area contributed by atoms with Crippen LogP contribution in [-0.2, 0) is 28.5 Å². The van der Waals surface area contributed by atoms with Gasteiger partial charge < -0.3 is 33.9 Å². The van der Waals surface area contributed by atoms with Gasteiger partial charge in [0.05, 0.1) is 43.2 Å². The summed E-state index contributed by atoms with van der Waals surface area (Å²) in [5.41, 5.74) is -0.966. The van der Waals surface area contributed by atoms with Gasteiger partial charge in [-0.1, -0.05) is 34.6 Å². The van der Waals surface area contributed by atoms with Gasteiger partial charge in [0.25, 0.3) is 0 Å². The lowest BCUT2D eigenvalue weighted by molar-refractivity contribution is -0.249. The summed E-state index contributed by atoms with van der Waals surface area (Å²) in [4.78, 5) is 14.5. The Labute approximate surface area is 289 Å². The smallest absolute Gasteiger partial charge is 0.303 e. The van der Waals surface area contributed by atoms with E-state index in [1.54, 1.807) is 21.0 Å². The van der Waals surface area contributed by atoms with Crippen LogP contribution < -0.4 is 0 Å². The van der Waals surface area contributed by atoms with Crippen molar-refractivity contribution in [2.45, 2.75) is 149 Å². The van der Waals surface area contributed by atoms with Crippen molar-refractivity contribution in [3.8, 4) is 0 Å². The molecule has 7 fully saturated rings. The zero-order chi connectivity index (χ0) is 34.7. The van der Waals surface area contributed by atoms with E-state index in [2.05, 4.69) is 39.5 Å². The Hall–Kier alpha value is -0.810. The fraction of sp³-hybridized carbons (Fsp3) is 0.974. The third kappa shape index (κ3) is 4.97. The van der Waals surface area contributed by atoms with E-state index in [0.29, 0.717) is 30.3 Å². The van der Waals surface area contributed by atoms with Crippen LogP contribution in [0, 0.1) is 50.7 Å². The van der Waals surface area contributed by atoms with Gasteiger partial charge in [-0.15, -0.1) is 0 Å². The zero-order valence-corrected chi connectivity index (χ0v) is 31.3. The molecule has 7 aliphatic rings. The number of rotatable bonds is 8. The summed E-state index contributed by atoms with van der Waals surface area (Å²) in [6.07, 6.45) is 6.68. The van der Waals surface area contributed by atoms with Crippen LogP contribution in [0.4, 0.5) is 0 Å². The Morgan fingerprint density at radius 1 is 1.06 bits per heavy atom. The molecule has 14 atom stereocenters. The van der Waals surface area contributed by atoms with Crippen LogP contribution in [-0.4, -0.2) is 103 Å². The molecule has 0 aromatic rings. The third-order valence-electron chi connectivity index (χ3n) is 16.1. The second-order valence-electron chi connectivity index (χ2n) is 19.0. The van der Waals surface area contributed by atoms with Crippen molar-refractivity contribution < 1.29 is 38.7 Å². The summed E-state index contributed by atoms with van der Waals surface area (Å²) >= 11 is 0. The average molecular weight is 676 g/mol. The highest BCUT2D eigenvalue weighted by molar-refractivity contribution is 5.66. The number of esters is 1. The molecule has 2 heterocycles. The molecule has 2 spiro atoms. The van der Waals surface area contributed by atoms with Gasteiger partial charge >= 0.3 is 5.97 Å². The minimum atomic E-state index is -1.25. The van der Waals surface area contributed by atoms with Gasteiger partial charge in [-0.05, 0) is 111 Å². The van der Waals surface area contributed by atoms with E-state index in [-0.39, 0.29) is 52.0 Å². The van der Waals surface area contributed by atoms with Crippen molar-refractivity contribution >= 4 is 5.97 Å². The number of carbonyl (C=O) groups excluding carboxylic acids is 1. The molecule has 0 amide bonds. The molecule has 0 radical (unpaired) electrons. The molecule has 5 saturated carbocycles. The predicted octanol–water partition coefficient (Wildman–Crippen LogP) is 5.19. The van der Waals surface area contributed by atoms with Gasteiger partial charge in [-0.3, -0.25) is 9.69 Å². The maximum Gasteiger partial charge on any atom is 0.303 e. The van der Waals surface area contributed by atoms with E-state index in [1.165, 1.54) is 32.6 Å². The van der Waals surface area contributed by atoms with Gasteiger partial charge in [0.15, 0.2) is 12.4 Å². The molecule has 5 aliphatic carbocycles. The highest BCUT2D eigenvalue weighted by Gasteiger charge is 2.84. The first kappa shape index (κ1) is 35.6. The summed E-state index contributed by atoms with van der Waals surface area (Å²) in [7, 11) is 1.76. The Bertz CT molecular complexity index is 1240. The van der Waals surface area contributed by atoms with Gasteiger partial charge in [-0.25, -0.2) is 0 Å². The number of aliphatic hydroxyl groups excluding tert-OH is 1. The molecule has 2 saturated heterocycles. The van der Waals surface area contributed by atoms with E-state index >= 15 is 0 Å². The van der Waals surface area contributed by atoms with E-state index in [1.807, 2.05) is 0 Å². The van der Waals surface area contributed by atoms with Gasteiger partial charge in [0, 0.05) is 39.1 Å². The Kier molecular flexibility index (Phi) is 8.79. The number of carbonyl (C=O) groups is 1. The van der Waals surface area contributed by atoms with Crippen LogP contribution >= 0.6 is 0 Å². The number of methoxy groups -OCH3 is 1. The van der Waals surface area contributed by atoms with Crippen molar-refractivity contribution in [3.05, 3.63) is 0 Å². The standard InChI is InChI=1S/C39H65NO8/c1-23-20-25(33(35(5,6)43)46-24(2)41)47-31-30(23)36(7)14-15-39-22-38(39)13-12-28(48-29-21-40(16-18-44-9)17-19-45-29)34(3,4)26(38)10-11-27(39)37(36,8)32(31)42/h23,25-33,42-43H,10-22H2,1-9H3/t23-,25-,26+,27+,28+,29+,30+,31?,32+,33+,36-,37-,38-,39+/m1/s1. The molecule has 0 aromatic carbocycles. The maximum absolute atomic E-state index is 12.6. The lowest BCUT2D eigenvalue weighted by atomic mass is 9.41. The summed E-state index contributed by atoms with van der Waals surface area (Å²) in [5, 5.41) is 23.6. The van der Waals surface area contributed by atoms with Gasteiger partial charge in [-0.2, -0.15) is 0 Å². The number of fused-ring (bicyclic) bond motifs is 4. The first-order valence-electron chi connectivity index (χ1n) is 19.2. The SMILES string of the molecule is COCCN1CCO[C@@H](O[C@H]2CC[C@]34C[C@]35CC[C@]3(C)[C@@H]6C(O[C@@H]([C@H](OC(C)=O)C(C)(C)O)C[C@H]6C)[C@H](O)[C@@]3(C)[C@@H]5CC[C@H]4C2(C)C)C1. The van der Waals surface area contributed by atoms with E-state index in [4.69, 9.17) is 23.7 Å². The fourth-order valence-electron chi connectivity index (χ4n) is 14.0. The minimum absolute atomic E-state index is 0.0441. The monoisotopic (exact) mass is 675 g/mol. The average Bonchev–Trinajstić information content (AvgIpc) is 3.64. The van der Waals surface area contributed by atoms with Crippen molar-refractivity contribution in [2.24, 2.45) is 50.7 Å². The second kappa shape index (κ2) is 11.9. The van der Waals surface area contributed by atoms with E-state index in [9.17, 15) is 15.0 Å². The van der Waals surface area contributed by atoms with Crippen LogP contribution in [0.2, 0.25) is 0 Å². The molecule has 9 nitrogen and oxygen atoms in total. The second-order valence-corrected chi connectivity index (χ2v) is 19.0. The van der Waals surface area contributed by atoms with Gasteiger partial charge in [0.1, 0.15) is 0 Å². The number of aliphatic hydroxyl groups is 2. The number of nitrogens with zero attached hydrogens (tertiary/aromatic N) is 1. The molecule has 48 heavy (non-hydrogen) atoms. The Morgan fingerprint density at radius 3 is 2.46 bits per heavy atom. The topological polar surface area (TPSA) is 107 Å². The number of morpholine rings is 1. The normalized spacial score (nSPS) is 50.3. The third-order valence-corrected chi connectivity index (χ3v) is 16.1. The number of hydrogen-bond acceptors (Lipinski definition) is 9. The van der Waals surface area contributed by atoms with Crippen molar-refractivity contribution in [1.29, 1.82) is 0 Å². The molecule has 274 valence electrons. The van der Waals surface area contributed by atoms with Crippen LogP contribution in [0.1, 0.15) is 107 Å². The first-order chi connectivity index (χ1) is 22.5. The molecule has 7 rings (SSSR count). The Balaban J connectivity index is 1.11. The predicted molar refractivity (Wildman–Crippen MR) is 181 cm³/mol. The minimum Gasteiger partial charge on any atom is -0.457 e. The molecule has 0 bridgehead atoms. The molecule has 2 N–H and O–H groups in total. The van der Waals surface area contributed by atoms with Crippen LogP contribution in [0.5, 0.6) is 0 Å². The summed E-state index contributed by atoms with van der Waals surface area (Å²) in [5.74, 6) is 1.11. The van der Waals surface area contributed by atoms with Crippen molar-refractivity contribution in [1.82, 2.24) is 4.90 Å². The van der Waals surface area contributed by atoms with Crippen molar-refractivity contribution in [2.75, 3.05) is 40.0 Å². The fourth-order valence-corrected chi connectivity index (χ4v) is 14.0. The zero-order valence-electron chi connectivity index (χ0n) is 31.3. The largest absolute Gasteiger partial charge is 0.457 e. The summed E-state index contributed by atoms with van der Waals surface area (Å²) < 4.78 is 30.9. The molecule has 1 unspecified atom stereocenters. The molecule has 0 aromatic heterocycles. The number of ether oxygens (including phenoxy) is 5.